The van der Waals surface area contributed by atoms with Crippen molar-refractivity contribution < 1.29 is 14.3 Å². The van der Waals surface area contributed by atoms with Crippen LogP contribution in [0.25, 0.3) is 0 Å². The first-order valence-corrected chi connectivity index (χ1v) is 9.67. The van der Waals surface area contributed by atoms with Gasteiger partial charge in [-0.2, -0.15) is 0 Å². The molecule has 2 fully saturated rings. The molecule has 2 atom stereocenters. The van der Waals surface area contributed by atoms with Crippen LogP contribution in [0.15, 0.2) is 24.3 Å². The van der Waals surface area contributed by atoms with Crippen molar-refractivity contribution in [3.05, 3.63) is 24.3 Å². The number of hydrogen-bond donors (Lipinski definition) is 0. The number of fused-ring (bicyclic) bond motifs is 1. The van der Waals surface area contributed by atoms with E-state index in [-0.39, 0.29) is 12.0 Å². The van der Waals surface area contributed by atoms with Crippen molar-refractivity contribution in [3.63, 3.8) is 0 Å². The number of ether oxygens (including phenoxy) is 2. The van der Waals surface area contributed by atoms with Gasteiger partial charge in [-0.1, -0.05) is 18.6 Å². The van der Waals surface area contributed by atoms with Gasteiger partial charge < -0.3 is 19.3 Å². The third-order valence-corrected chi connectivity index (χ3v) is 5.77. The molecule has 0 aromatic heterocycles. The Balaban J connectivity index is 1.36. The van der Waals surface area contributed by atoms with E-state index in [4.69, 9.17) is 9.47 Å². The number of nitrogens with zero attached hydrogens (tertiary/aromatic N) is 2. The third-order valence-electron chi connectivity index (χ3n) is 5.77. The van der Waals surface area contributed by atoms with E-state index >= 15 is 0 Å². The topological polar surface area (TPSA) is 42.0 Å². The van der Waals surface area contributed by atoms with Crippen LogP contribution in [0.3, 0.4) is 0 Å². The van der Waals surface area contributed by atoms with Crippen LogP contribution >= 0.6 is 0 Å². The standard InChI is InChI=1S/C20H28N2O3/c1-15-19(25-18-8-4-3-7-17(18)24-15)20(23)22-13-9-16(10-14-22)21-11-5-2-6-12-21/h3-4,7-8,15-16,19H,2,5-6,9-14H2,1H3/t15-,19+/m1/s1. The zero-order chi connectivity index (χ0) is 17.2. The molecule has 0 unspecified atom stereocenters. The Labute approximate surface area is 149 Å². The van der Waals surface area contributed by atoms with Crippen molar-refractivity contribution in [2.75, 3.05) is 26.2 Å². The third kappa shape index (κ3) is 3.47. The van der Waals surface area contributed by atoms with E-state index in [0.29, 0.717) is 11.8 Å². The second-order valence-electron chi connectivity index (χ2n) is 7.46. The molecular weight excluding hydrogens is 316 g/mol. The van der Waals surface area contributed by atoms with E-state index in [1.54, 1.807) is 0 Å². The Hall–Kier alpha value is -1.75. The highest BCUT2D eigenvalue weighted by Crippen LogP contribution is 2.34. The van der Waals surface area contributed by atoms with Crippen molar-refractivity contribution in [1.29, 1.82) is 0 Å². The van der Waals surface area contributed by atoms with E-state index in [0.717, 1.165) is 31.7 Å². The van der Waals surface area contributed by atoms with Gasteiger partial charge in [-0.3, -0.25) is 4.79 Å². The summed E-state index contributed by atoms with van der Waals surface area (Å²) in [4.78, 5) is 17.6. The number of hydrogen-bond acceptors (Lipinski definition) is 4. The maximum atomic E-state index is 13.0. The van der Waals surface area contributed by atoms with Crippen LogP contribution < -0.4 is 9.47 Å². The van der Waals surface area contributed by atoms with Crippen molar-refractivity contribution in [1.82, 2.24) is 9.80 Å². The van der Waals surface area contributed by atoms with Crippen LogP contribution in [0.2, 0.25) is 0 Å². The van der Waals surface area contributed by atoms with E-state index < -0.39 is 6.10 Å². The molecule has 3 heterocycles. The first kappa shape index (κ1) is 16.7. The summed E-state index contributed by atoms with van der Waals surface area (Å²) in [5, 5.41) is 0. The lowest BCUT2D eigenvalue weighted by Crippen LogP contribution is -2.54. The minimum Gasteiger partial charge on any atom is -0.482 e. The van der Waals surface area contributed by atoms with Crippen LogP contribution in [-0.2, 0) is 4.79 Å². The highest BCUT2D eigenvalue weighted by atomic mass is 16.6. The number of piperidine rings is 2. The smallest absolute Gasteiger partial charge is 0.267 e. The normalized spacial score (nSPS) is 28.0. The molecule has 1 amide bonds. The monoisotopic (exact) mass is 344 g/mol. The lowest BCUT2D eigenvalue weighted by molar-refractivity contribution is -0.146. The predicted molar refractivity (Wildman–Crippen MR) is 96.0 cm³/mol. The summed E-state index contributed by atoms with van der Waals surface area (Å²) >= 11 is 0. The van der Waals surface area contributed by atoms with Gasteiger partial charge in [0.25, 0.3) is 5.91 Å². The number of amides is 1. The Bertz CT molecular complexity index is 607. The molecule has 5 nitrogen and oxygen atoms in total. The van der Waals surface area contributed by atoms with Crippen molar-refractivity contribution in [2.24, 2.45) is 0 Å². The molecule has 1 aromatic rings. The van der Waals surface area contributed by atoms with Crippen LogP contribution in [0.4, 0.5) is 0 Å². The molecule has 136 valence electrons. The summed E-state index contributed by atoms with van der Waals surface area (Å²) in [6.07, 6.45) is 5.36. The second kappa shape index (κ2) is 7.24. The number of carbonyl (C=O) groups is 1. The maximum Gasteiger partial charge on any atom is 0.267 e. The minimum absolute atomic E-state index is 0.0686. The quantitative estimate of drug-likeness (QED) is 0.827. The molecule has 0 spiro atoms. The van der Waals surface area contributed by atoms with Gasteiger partial charge in [0.15, 0.2) is 11.5 Å². The van der Waals surface area contributed by atoms with E-state index in [2.05, 4.69) is 4.90 Å². The molecule has 4 rings (SSSR count). The van der Waals surface area contributed by atoms with Crippen LogP contribution in [0, 0.1) is 0 Å². The fourth-order valence-electron chi connectivity index (χ4n) is 4.31. The van der Waals surface area contributed by atoms with Crippen LogP contribution in [0.1, 0.15) is 39.0 Å². The number of rotatable bonds is 2. The van der Waals surface area contributed by atoms with Gasteiger partial charge in [0.1, 0.15) is 6.10 Å². The molecule has 0 bridgehead atoms. The number of likely N-dealkylation sites (tertiary alicyclic amines) is 2. The molecule has 3 aliphatic heterocycles. The van der Waals surface area contributed by atoms with Gasteiger partial charge in [0.05, 0.1) is 0 Å². The Morgan fingerprint density at radius 1 is 0.960 bits per heavy atom. The summed E-state index contributed by atoms with van der Waals surface area (Å²) in [5.41, 5.74) is 0. The molecule has 0 aliphatic carbocycles. The fraction of sp³-hybridized carbons (Fsp3) is 0.650. The van der Waals surface area contributed by atoms with E-state index in [1.807, 2.05) is 36.1 Å². The van der Waals surface area contributed by atoms with Crippen molar-refractivity contribution in [3.8, 4) is 11.5 Å². The van der Waals surface area contributed by atoms with Gasteiger partial charge in [-0.05, 0) is 57.8 Å². The molecule has 1 aromatic carbocycles. The van der Waals surface area contributed by atoms with Gasteiger partial charge in [0, 0.05) is 19.1 Å². The first-order chi connectivity index (χ1) is 12.2. The van der Waals surface area contributed by atoms with Crippen LogP contribution in [-0.4, -0.2) is 60.1 Å². The van der Waals surface area contributed by atoms with E-state index in [1.165, 1.54) is 32.4 Å². The Kier molecular flexibility index (Phi) is 4.84. The molecule has 25 heavy (non-hydrogen) atoms. The fourth-order valence-corrected chi connectivity index (χ4v) is 4.31. The second-order valence-corrected chi connectivity index (χ2v) is 7.46. The van der Waals surface area contributed by atoms with Crippen molar-refractivity contribution >= 4 is 5.91 Å². The summed E-state index contributed by atoms with van der Waals surface area (Å²) < 4.78 is 11.9. The summed E-state index contributed by atoms with van der Waals surface area (Å²) in [6, 6.07) is 8.22. The van der Waals surface area contributed by atoms with Gasteiger partial charge in [-0.15, -0.1) is 0 Å². The molecule has 0 saturated carbocycles. The number of para-hydroxylation sites is 2. The minimum atomic E-state index is -0.540. The highest BCUT2D eigenvalue weighted by Gasteiger charge is 2.38. The van der Waals surface area contributed by atoms with Gasteiger partial charge in [0.2, 0.25) is 6.10 Å². The first-order valence-electron chi connectivity index (χ1n) is 9.67. The molecule has 3 aliphatic rings. The molecule has 0 radical (unpaired) electrons. The predicted octanol–water partition coefficient (Wildman–Crippen LogP) is 2.69. The average Bonchev–Trinajstić information content (AvgIpc) is 2.68. The summed E-state index contributed by atoms with van der Waals surface area (Å²) in [5.74, 6) is 1.46. The molecule has 0 N–H and O–H groups in total. The van der Waals surface area contributed by atoms with E-state index in [9.17, 15) is 4.79 Å². The number of carbonyl (C=O) groups excluding carboxylic acids is 1. The maximum absolute atomic E-state index is 13.0. The van der Waals surface area contributed by atoms with Gasteiger partial charge >= 0.3 is 0 Å². The molecular formula is C20H28N2O3. The number of benzene rings is 1. The Morgan fingerprint density at radius 2 is 1.60 bits per heavy atom. The highest BCUT2D eigenvalue weighted by molar-refractivity contribution is 5.82. The average molecular weight is 344 g/mol. The van der Waals surface area contributed by atoms with Crippen LogP contribution in [0.5, 0.6) is 11.5 Å². The summed E-state index contributed by atoms with van der Waals surface area (Å²) in [6.45, 7) is 6.03. The largest absolute Gasteiger partial charge is 0.482 e. The zero-order valence-corrected chi connectivity index (χ0v) is 15.0. The SMILES string of the molecule is C[C@H]1Oc2ccccc2O[C@@H]1C(=O)N1CCC(N2CCCCC2)CC1. The molecule has 2 saturated heterocycles. The lowest BCUT2D eigenvalue weighted by atomic mass is 9.99. The van der Waals surface area contributed by atoms with Crippen molar-refractivity contribution in [2.45, 2.75) is 57.3 Å². The lowest BCUT2D eigenvalue weighted by Gasteiger charge is -2.41. The van der Waals surface area contributed by atoms with Gasteiger partial charge in [-0.25, -0.2) is 0 Å². The zero-order valence-electron chi connectivity index (χ0n) is 15.0. The molecule has 5 heteroatoms. The summed E-state index contributed by atoms with van der Waals surface area (Å²) in [7, 11) is 0. The Morgan fingerprint density at radius 3 is 2.28 bits per heavy atom.